The van der Waals surface area contributed by atoms with Gasteiger partial charge < -0.3 is 20.2 Å². The Labute approximate surface area is 186 Å². The summed E-state index contributed by atoms with van der Waals surface area (Å²) in [5, 5.41) is 16.7. The van der Waals surface area contributed by atoms with Crippen LogP contribution in [0.15, 0.2) is 47.4 Å². The van der Waals surface area contributed by atoms with Crippen molar-refractivity contribution in [2.24, 2.45) is 0 Å². The van der Waals surface area contributed by atoms with E-state index >= 15 is 0 Å². The summed E-state index contributed by atoms with van der Waals surface area (Å²) in [6.45, 7) is 1.71. The van der Waals surface area contributed by atoms with Crippen LogP contribution in [0.1, 0.15) is 18.9 Å². The predicted molar refractivity (Wildman–Crippen MR) is 119 cm³/mol. The lowest BCUT2D eigenvalue weighted by Crippen LogP contribution is -2.32. The summed E-state index contributed by atoms with van der Waals surface area (Å²) in [6.07, 6.45) is 2.10. The number of amides is 1. The normalized spacial score (nSPS) is 10.9. The van der Waals surface area contributed by atoms with E-state index in [2.05, 4.69) is 10.6 Å². The van der Waals surface area contributed by atoms with Crippen LogP contribution in [0.2, 0.25) is 0 Å². The van der Waals surface area contributed by atoms with Gasteiger partial charge in [-0.3, -0.25) is 14.9 Å². The fourth-order valence-electron chi connectivity index (χ4n) is 2.71. The van der Waals surface area contributed by atoms with Crippen molar-refractivity contribution < 1.29 is 27.7 Å². The maximum absolute atomic E-state index is 11.9. The van der Waals surface area contributed by atoms with Crippen LogP contribution >= 0.6 is 0 Å². The van der Waals surface area contributed by atoms with Crippen molar-refractivity contribution in [1.82, 2.24) is 5.32 Å². The second-order valence-electron chi connectivity index (χ2n) is 7.12. The van der Waals surface area contributed by atoms with Crippen molar-refractivity contribution >= 4 is 32.9 Å². The summed E-state index contributed by atoms with van der Waals surface area (Å²) in [7, 11) is -3.57. The summed E-state index contributed by atoms with van der Waals surface area (Å²) in [4.78, 5) is 33.3. The summed E-state index contributed by atoms with van der Waals surface area (Å²) in [5.41, 5.74) is 0.786. The largest absolute Gasteiger partial charge is 0.484 e. The van der Waals surface area contributed by atoms with Crippen molar-refractivity contribution in [3.8, 4) is 5.75 Å². The number of carbonyl (C=O) groups excluding carboxylic acids is 2. The number of nitro benzene ring substituents is 1. The van der Waals surface area contributed by atoms with Gasteiger partial charge in [0.15, 0.2) is 16.4 Å². The molecular formula is C21H25N3O7S. The van der Waals surface area contributed by atoms with E-state index in [1.54, 1.807) is 19.1 Å². The lowest BCUT2D eigenvalue weighted by atomic mass is 10.1. The molecule has 10 nitrogen and oxygen atoms in total. The fraction of sp³-hybridized carbons (Fsp3) is 0.333. The van der Waals surface area contributed by atoms with E-state index in [4.69, 9.17) is 4.74 Å². The number of anilines is 1. The molecule has 11 heteroatoms. The van der Waals surface area contributed by atoms with Crippen LogP contribution in [-0.2, 0) is 25.8 Å². The Morgan fingerprint density at radius 2 is 1.78 bits per heavy atom. The van der Waals surface area contributed by atoms with Gasteiger partial charge in [0.2, 0.25) is 0 Å². The molecular weight excluding hydrogens is 438 g/mol. The fourth-order valence-corrected chi connectivity index (χ4v) is 3.36. The Bertz CT molecular complexity index is 1080. The Morgan fingerprint density at radius 3 is 2.38 bits per heavy atom. The van der Waals surface area contributed by atoms with Gasteiger partial charge in [-0.1, -0.05) is 12.1 Å². The molecule has 0 saturated heterocycles. The molecule has 0 bridgehead atoms. The Hall–Kier alpha value is -3.47. The van der Waals surface area contributed by atoms with Gasteiger partial charge in [-0.15, -0.1) is 0 Å². The van der Waals surface area contributed by atoms with Gasteiger partial charge in [-0.25, -0.2) is 8.42 Å². The first kappa shape index (κ1) is 24.8. The molecule has 2 N–H and O–H groups in total. The minimum absolute atomic E-state index is 0.122. The number of ether oxygens (including phenoxy) is 1. The second-order valence-corrected chi connectivity index (χ2v) is 9.14. The molecule has 0 aliphatic rings. The number of rotatable bonds is 12. The highest BCUT2D eigenvalue weighted by Crippen LogP contribution is 2.27. The van der Waals surface area contributed by atoms with Gasteiger partial charge in [0, 0.05) is 31.8 Å². The summed E-state index contributed by atoms with van der Waals surface area (Å²) < 4.78 is 28.6. The number of benzene rings is 2. The second kappa shape index (κ2) is 11.2. The number of sulfone groups is 1. The molecule has 0 heterocycles. The van der Waals surface area contributed by atoms with E-state index in [1.165, 1.54) is 12.1 Å². The minimum atomic E-state index is -3.57. The highest BCUT2D eigenvalue weighted by atomic mass is 32.2. The average molecular weight is 464 g/mol. The molecule has 0 radical (unpaired) electrons. The molecule has 0 atom stereocenters. The maximum atomic E-state index is 11.9. The molecule has 0 unspecified atom stereocenters. The lowest BCUT2D eigenvalue weighted by molar-refractivity contribution is -0.384. The summed E-state index contributed by atoms with van der Waals surface area (Å²) in [5.74, 6) is 0.276. The zero-order valence-electron chi connectivity index (χ0n) is 17.8. The zero-order chi connectivity index (χ0) is 23.7. The number of nitrogens with zero attached hydrogens (tertiary/aromatic N) is 1. The number of Topliss-reactive ketones (excluding diaryl/α,β-unsaturated/α-hetero) is 1. The zero-order valence-corrected chi connectivity index (χ0v) is 18.6. The number of nitro groups is 1. The van der Waals surface area contributed by atoms with Crippen LogP contribution in [0.25, 0.3) is 0 Å². The first-order chi connectivity index (χ1) is 15.1. The van der Waals surface area contributed by atoms with Gasteiger partial charge in [0.1, 0.15) is 17.2 Å². The number of carbonyl (C=O) groups is 2. The van der Waals surface area contributed by atoms with Crippen molar-refractivity contribution in [2.75, 3.05) is 31.3 Å². The standard InChI is InChI=1S/C21H25N3O7S/c1-15(25)3-4-16-5-7-17(8-6-16)31-14-21(26)23-12-11-22-19-10-9-18(32(2,29)30)13-20(19)24(27)28/h5-10,13,22H,3-4,11-12,14H2,1-2H3,(H,23,26). The van der Waals surface area contributed by atoms with E-state index in [0.717, 1.165) is 17.9 Å². The van der Waals surface area contributed by atoms with Crippen molar-refractivity contribution in [3.05, 3.63) is 58.1 Å². The van der Waals surface area contributed by atoms with E-state index < -0.39 is 14.8 Å². The highest BCUT2D eigenvalue weighted by Gasteiger charge is 2.18. The van der Waals surface area contributed by atoms with E-state index in [1.807, 2.05) is 12.1 Å². The van der Waals surface area contributed by atoms with Crippen LogP contribution in [-0.4, -0.2) is 51.0 Å². The molecule has 2 rings (SSSR count). The molecule has 0 fully saturated rings. The van der Waals surface area contributed by atoms with Crippen LogP contribution in [0.5, 0.6) is 5.75 Å². The molecule has 0 spiro atoms. The van der Waals surface area contributed by atoms with Crippen LogP contribution < -0.4 is 15.4 Å². The third kappa shape index (κ3) is 7.99. The number of aryl methyl sites for hydroxylation is 1. The van der Waals surface area contributed by atoms with Gasteiger partial charge in [0.25, 0.3) is 11.6 Å². The third-order valence-corrected chi connectivity index (χ3v) is 5.53. The lowest BCUT2D eigenvalue weighted by Gasteiger charge is -2.10. The van der Waals surface area contributed by atoms with Crippen LogP contribution in [0.3, 0.4) is 0 Å². The van der Waals surface area contributed by atoms with Gasteiger partial charge in [-0.2, -0.15) is 0 Å². The SMILES string of the molecule is CC(=O)CCc1ccc(OCC(=O)NCCNc2ccc(S(C)(=O)=O)cc2[N+](=O)[O-])cc1. The van der Waals surface area contributed by atoms with Gasteiger partial charge in [0.05, 0.1) is 9.82 Å². The minimum Gasteiger partial charge on any atom is -0.484 e. The van der Waals surface area contributed by atoms with E-state index in [9.17, 15) is 28.1 Å². The average Bonchev–Trinajstić information content (AvgIpc) is 2.73. The Kier molecular flexibility index (Phi) is 8.71. The number of ketones is 1. The first-order valence-electron chi connectivity index (χ1n) is 9.76. The molecule has 0 aliphatic carbocycles. The summed E-state index contributed by atoms with van der Waals surface area (Å²) in [6, 6.07) is 10.7. The maximum Gasteiger partial charge on any atom is 0.293 e. The third-order valence-electron chi connectivity index (χ3n) is 4.42. The smallest absolute Gasteiger partial charge is 0.293 e. The quantitative estimate of drug-likeness (QED) is 0.277. The summed E-state index contributed by atoms with van der Waals surface area (Å²) >= 11 is 0. The molecule has 1 amide bonds. The van der Waals surface area contributed by atoms with Gasteiger partial charge >= 0.3 is 0 Å². The topological polar surface area (TPSA) is 145 Å². The molecule has 0 saturated carbocycles. The van der Waals surface area contributed by atoms with Crippen molar-refractivity contribution in [1.29, 1.82) is 0 Å². The van der Waals surface area contributed by atoms with Gasteiger partial charge in [-0.05, 0) is 43.2 Å². The molecule has 172 valence electrons. The molecule has 32 heavy (non-hydrogen) atoms. The molecule has 0 aromatic heterocycles. The van der Waals surface area contributed by atoms with E-state index in [-0.39, 0.29) is 47.7 Å². The molecule has 2 aromatic carbocycles. The van der Waals surface area contributed by atoms with Crippen LogP contribution in [0, 0.1) is 10.1 Å². The Morgan fingerprint density at radius 1 is 1.09 bits per heavy atom. The number of hydrogen-bond acceptors (Lipinski definition) is 8. The van der Waals surface area contributed by atoms with Crippen LogP contribution in [0.4, 0.5) is 11.4 Å². The number of hydrogen-bond donors (Lipinski definition) is 2. The van der Waals surface area contributed by atoms with E-state index in [0.29, 0.717) is 18.6 Å². The predicted octanol–water partition coefficient (Wildman–Crippen LogP) is 2.13. The molecule has 0 aliphatic heterocycles. The number of nitrogens with one attached hydrogen (secondary N) is 2. The molecule has 2 aromatic rings. The highest BCUT2D eigenvalue weighted by molar-refractivity contribution is 7.90. The monoisotopic (exact) mass is 463 g/mol. The van der Waals surface area contributed by atoms with Crippen molar-refractivity contribution in [3.63, 3.8) is 0 Å². The Balaban J connectivity index is 1.78. The van der Waals surface area contributed by atoms with Crippen molar-refractivity contribution in [2.45, 2.75) is 24.7 Å². The first-order valence-corrected chi connectivity index (χ1v) is 11.7.